The first-order chi connectivity index (χ1) is 10.1. The van der Waals surface area contributed by atoms with Gasteiger partial charge in [-0.05, 0) is 38.6 Å². The van der Waals surface area contributed by atoms with Crippen molar-refractivity contribution in [1.29, 1.82) is 0 Å². The van der Waals surface area contributed by atoms with E-state index in [4.69, 9.17) is 9.47 Å². The summed E-state index contributed by atoms with van der Waals surface area (Å²) in [4.78, 5) is 2.31. The van der Waals surface area contributed by atoms with Crippen LogP contribution in [0.1, 0.15) is 33.3 Å². The highest BCUT2D eigenvalue weighted by Crippen LogP contribution is 2.28. The molecule has 1 N–H and O–H groups in total. The fraction of sp³-hybridized carbons (Fsp3) is 0.647. The summed E-state index contributed by atoms with van der Waals surface area (Å²) >= 11 is 0. The highest BCUT2D eigenvalue weighted by molar-refractivity contribution is 5.43. The summed E-state index contributed by atoms with van der Waals surface area (Å²) < 4.78 is 11.3. The molecule has 0 aliphatic heterocycles. The minimum atomic E-state index is 0.536. The Balaban J connectivity index is 2.59. The molecule has 0 saturated heterocycles. The van der Waals surface area contributed by atoms with Crippen molar-refractivity contribution >= 4 is 0 Å². The van der Waals surface area contributed by atoms with Crippen LogP contribution in [0, 0.1) is 0 Å². The van der Waals surface area contributed by atoms with Gasteiger partial charge in [0, 0.05) is 25.7 Å². The molecule has 0 saturated carbocycles. The van der Waals surface area contributed by atoms with Crippen LogP contribution in [0.4, 0.5) is 0 Å². The lowest BCUT2D eigenvalue weighted by atomic mass is 10.2. The van der Waals surface area contributed by atoms with Crippen LogP contribution in [0.5, 0.6) is 11.5 Å². The second-order valence-corrected chi connectivity index (χ2v) is 5.49. The van der Waals surface area contributed by atoms with E-state index in [0.29, 0.717) is 19.3 Å². The molecule has 4 heteroatoms. The van der Waals surface area contributed by atoms with Crippen LogP contribution < -0.4 is 14.8 Å². The second kappa shape index (κ2) is 9.64. The molecule has 120 valence electrons. The first-order valence-corrected chi connectivity index (χ1v) is 7.87. The van der Waals surface area contributed by atoms with Crippen LogP contribution >= 0.6 is 0 Å². The molecule has 21 heavy (non-hydrogen) atoms. The van der Waals surface area contributed by atoms with E-state index in [1.165, 1.54) is 5.56 Å². The molecule has 0 atom stereocenters. The third-order valence-electron chi connectivity index (χ3n) is 3.11. The SMILES string of the molecule is CCOc1ccc(CN(C)CCNC(C)C)cc1OCC. The van der Waals surface area contributed by atoms with Gasteiger partial charge >= 0.3 is 0 Å². The van der Waals surface area contributed by atoms with E-state index in [0.717, 1.165) is 31.1 Å². The number of likely N-dealkylation sites (N-methyl/N-ethyl adjacent to an activating group) is 1. The van der Waals surface area contributed by atoms with Crippen LogP contribution in [-0.2, 0) is 6.54 Å². The fourth-order valence-corrected chi connectivity index (χ4v) is 2.13. The van der Waals surface area contributed by atoms with Gasteiger partial charge in [0.2, 0.25) is 0 Å². The number of benzene rings is 1. The summed E-state index contributed by atoms with van der Waals surface area (Å²) in [5.41, 5.74) is 1.24. The van der Waals surface area contributed by atoms with E-state index in [9.17, 15) is 0 Å². The van der Waals surface area contributed by atoms with Gasteiger partial charge in [0.15, 0.2) is 11.5 Å². The van der Waals surface area contributed by atoms with Gasteiger partial charge in [0.1, 0.15) is 0 Å². The standard InChI is InChI=1S/C17H30N2O2/c1-6-20-16-9-8-15(12-17(16)21-7-2)13-19(5)11-10-18-14(3)4/h8-9,12,14,18H,6-7,10-11,13H2,1-5H3. The summed E-state index contributed by atoms with van der Waals surface area (Å²) in [6.45, 7) is 12.6. The molecule has 1 aromatic carbocycles. The Bertz CT molecular complexity index is 408. The predicted molar refractivity (Wildman–Crippen MR) is 88.3 cm³/mol. The second-order valence-electron chi connectivity index (χ2n) is 5.49. The summed E-state index contributed by atoms with van der Waals surface area (Å²) in [6, 6.07) is 6.73. The normalized spacial score (nSPS) is 11.2. The molecular formula is C17H30N2O2. The van der Waals surface area contributed by atoms with Crippen molar-refractivity contribution in [1.82, 2.24) is 10.2 Å². The molecule has 0 unspecified atom stereocenters. The first-order valence-electron chi connectivity index (χ1n) is 7.87. The Morgan fingerprint density at radius 3 is 2.38 bits per heavy atom. The van der Waals surface area contributed by atoms with Gasteiger partial charge in [-0.3, -0.25) is 0 Å². The summed E-state index contributed by atoms with van der Waals surface area (Å²) in [5, 5.41) is 3.43. The van der Waals surface area contributed by atoms with Crippen molar-refractivity contribution in [3.8, 4) is 11.5 Å². The highest BCUT2D eigenvalue weighted by atomic mass is 16.5. The summed E-state index contributed by atoms with van der Waals surface area (Å²) in [7, 11) is 2.14. The van der Waals surface area contributed by atoms with E-state index in [2.05, 4.69) is 43.2 Å². The van der Waals surface area contributed by atoms with Gasteiger partial charge in [-0.1, -0.05) is 19.9 Å². The fourth-order valence-electron chi connectivity index (χ4n) is 2.13. The Hall–Kier alpha value is -1.26. The van der Waals surface area contributed by atoms with E-state index < -0.39 is 0 Å². The number of nitrogens with one attached hydrogen (secondary N) is 1. The van der Waals surface area contributed by atoms with Crippen LogP contribution in [0.2, 0.25) is 0 Å². The van der Waals surface area contributed by atoms with Crippen molar-refractivity contribution in [2.24, 2.45) is 0 Å². The van der Waals surface area contributed by atoms with Crippen molar-refractivity contribution in [2.75, 3.05) is 33.4 Å². The molecule has 0 radical (unpaired) electrons. The van der Waals surface area contributed by atoms with Crippen LogP contribution in [0.25, 0.3) is 0 Å². The molecule has 1 aromatic rings. The molecular weight excluding hydrogens is 264 g/mol. The van der Waals surface area contributed by atoms with Gasteiger partial charge < -0.3 is 19.7 Å². The predicted octanol–water partition coefficient (Wildman–Crippen LogP) is 2.91. The molecule has 0 heterocycles. The smallest absolute Gasteiger partial charge is 0.161 e. The van der Waals surface area contributed by atoms with Crippen LogP contribution in [-0.4, -0.2) is 44.3 Å². The molecule has 4 nitrogen and oxygen atoms in total. The maximum Gasteiger partial charge on any atom is 0.161 e. The number of ether oxygens (including phenoxy) is 2. The van der Waals surface area contributed by atoms with Crippen LogP contribution in [0.3, 0.4) is 0 Å². The summed E-state index contributed by atoms with van der Waals surface area (Å²) in [6.07, 6.45) is 0. The molecule has 0 aliphatic rings. The summed E-state index contributed by atoms with van der Waals surface area (Å²) in [5.74, 6) is 1.66. The zero-order valence-corrected chi connectivity index (χ0v) is 14.1. The van der Waals surface area contributed by atoms with Crippen LogP contribution in [0.15, 0.2) is 18.2 Å². The van der Waals surface area contributed by atoms with E-state index in [-0.39, 0.29) is 0 Å². The Kier molecular flexibility index (Phi) is 8.16. The minimum Gasteiger partial charge on any atom is -0.490 e. The zero-order chi connectivity index (χ0) is 15.7. The maximum atomic E-state index is 5.67. The van der Waals surface area contributed by atoms with E-state index >= 15 is 0 Å². The Morgan fingerprint density at radius 2 is 1.76 bits per heavy atom. The maximum absolute atomic E-state index is 5.67. The average Bonchev–Trinajstić information content (AvgIpc) is 2.41. The van der Waals surface area contributed by atoms with Crippen molar-refractivity contribution < 1.29 is 9.47 Å². The molecule has 0 fully saturated rings. The Labute approximate surface area is 129 Å². The molecule has 0 bridgehead atoms. The largest absolute Gasteiger partial charge is 0.490 e. The molecule has 0 aromatic heterocycles. The quantitative estimate of drug-likeness (QED) is 0.719. The lowest BCUT2D eigenvalue weighted by Gasteiger charge is -2.19. The topological polar surface area (TPSA) is 33.7 Å². The molecule has 1 rings (SSSR count). The zero-order valence-electron chi connectivity index (χ0n) is 14.1. The highest BCUT2D eigenvalue weighted by Gasteiger charge is 2.08. The lowest BCUT2D eigenvalue weighted by molar-refractivity contribution is 0.285. The Morgan fingerprint density at radius 1 is 1.10 bits per heavy atom. The van der Waals surface area contributed by atoms with Gasteiger partial charge in [-0.2, -0.15) is 0 Å². The van der Waals surface area contributed by atoms with Gasteiger partial charge in [-0.15, -0.1) is 0 Å². The van der Waals surface area contributed by atoms with Crippen molar-refractivity contribution in [3.63, 3.8) is 0 Å². The van der Waals surface area contributed by atoms with Gasteiger partial charge in [0.05, 0.1) is 13.2 Å². The van der Waals surface area contributed by atoms with Gasteiger partial charge in [-0.25, -0.2) is 0 Å². The third kappa shape index (κ3) is 6.82. The number of hydrogen-bond acceptors (Lipinski definition) is 4. The number of hydrogen-bond donors (Lipinski definition) is 1. The molecule has 0 aliphatic carbocycles. The van der Waals surface area contributed by atoms with E-state index in [1.54, 1.807) is 0 Å². The lowest BCUT2D eigenvalue weighted by Crippen LogP contribution is -2.32. The number of rotatable bonds is 10. The van der Waals surface area contributed by atoms with Crippen molar-refractivity contribution in [2.45, 2.75) is 40.3 Å². The molecule has 0 spiro atoms. The first kappa shape index (κ1) is 17.8. The average molecular weight is 294 g/mol. The third-order valence-corrected chi connectivity index (χ3v) is 3.11. The van der Waals surface area contributed by atoms with Gasteiger partial charge in [0.25, 0.3) is 0 Å². The monoisotopic (exact) mass is 294 g/mol. The number of nitrogens with zero attached hydrogens (tertiary/aromatic N) is 1. The van der Waals surface area contributed by atoms with Crippen molar-refractivity contribution in [3.05, 3.63) is 23.8 Å². The molecule has 0 amide bonds. The minimum absolute atomic E-state index is 0.536. The van der Waals surface area contributed by atoms with E-state index in [1.807, 2.05) is 19.9 Å².